The molecule has 0 aromatic carbocycles. The van der Waals surface area contributed by atoms with Crippen LogP contribution in [-0.4, -0.2) is 49.9 Å². The van der Waals surface area contributed by atoms with Crippen LogP contribution in [0.25, 0.3) is 0 Å². The normalized spacial score (nSPS) is 29.5. The second-order valence-corrected chi connectivity index (χ2v) is 5.43. The SMILES string of the molecule is Cc1cc(C)nc(CN2CC[C@@](C)(O)[C@@H](O)C2)n1. The summed E-state index contributed by atoms with van der Waals surface area (Å²) >= 11 is 0. The molecular weight excluding hydrogens is 230 g/mol. The average Bonchev–Trinajstić information content (AvgIpc) is 2.22. The molecule has 0 unspecified atom stereocenters. The van der Waals surface area contributed by atoms with Gasteiger partial charge >= 0.3 is 0 Å². The molecule has 1 aliphatic rings. The lowest BCUT2D eigenvalue weighted by Crippen LogP contribution is -2.53. The zero-order valence-corrected chi connectivity index (χ0v) is 11.2. The van der Waals surface area contributed by atoms with Gasteiger partial charge in [-0.1, -0.05) is 0 Å². The van der Waals surface area contributed by atoms with Crippen molar-refractivity contribution >= 4 is 0 Å². The van der Waals surface area contributed by atoms with E-state index in [0.29, 0.717) is 19.5 Å². The van der Waals surface area contributed by atoms with Gasteiger partial charge in [0.2, 0.25) is 0 Å². The number of hydrogen-bond donors (Lipinski definition) is 2. The van der Waals surface area contributed by atoms with Gasteiger partial charge in [0.15, 0.2) is 0 Å². The summed E-state index contributed by atoms with van der Waals surface area (Å²) in [7, 11) is 0. The minimum atomic E-state index is -0.972. The zero-order valence-electron chi connectivity index (χ0n) is 11.2. The Morgan fingerprint density at radius 1 is 1.39 bits per heavy atom. The zero-order chi connectivity index (χ0) is 13.3. The van der Waals surface area contributed by atoms with Gasteiger partial charge in [0.1, 0.15) is 5.82 Å². The van der Waals surface area contributed by atoms with Crippen molar-refractivity contribution in [3.63, 3.8) is 0 Å². The molecule has 100 valence electrons. The molecule has 0 spiro atoms. The van der Waals surface area contributed by atoms with Crippen molar-refractivity contribution in [3.8, 4) is 0 Å². The Hall–Kier alpha value is -1.04. The third-order valence-corrected chi connectivity index (χ3v) is 3.48. The quantitative estimate of drug-likeness (QED) is 0.797. The van der Waals surface area contributed by atoms with Gasteiger partial charge in [0.05, 0.1) is 18.2 Å². The summed E-state index contributed by atoms with van der Waals surface area (Å²) in [4.78, 5) is 10.9. The van der Waals surface area contributed by atoms with Gasteiger partial charge in [-0.25, -0.2) is 9.97 Å². The fraction of sp³-hybridized carbons (Fsp3) is 0.692. The maximum Gasteiger partial charge on any atom is 0.142 e. The second kappa shape index (κ2) is 4.91. The largest absolute Gasteiger partial charge is 0.389 e. The number of nitrogens with zero attached hydrogens (tertiary/aromatic N) is 3. The van der Waals surface area contributed by atoms with E-state index in [0.717, 1.165) is 23.8 Å². The Bertz CT molecular complexity index is 414. The summed E-state index contributed by atoms with van der Waals surface area (Å²) in [5.41, 5.74) is 0.948. The maximum atomic E-state index is 9.91. The van der Waals surface area contributed by atoms with Crippen LogP contribution in [-0.2, 0) is 6.54 Å². The summed E-state index contributed by atoms with van der Waals surface area (Å²) in [6, 6.07) is 1.94. The molecule has 18 heavy (non-hydrogen) atoms. The Labute approximate surface area is 107 Å². The first-order valence-electron chi connectivity index (χ1n) is 6.31. The highest BCUT2D eigenvalue weighted by atomic mass is 16.3. The van der Waals surface area contributed by atoms with E-state index in [1.54, 1.807) is 6.92 Å². The number of piperidine rings is 1. The number of likely N-dealkylation sites (tertiary alicyclic amines) is 1. The van der Waals surface area contributed by atoms with E-state index in [1.807, 2.05) is 19.9 Å². The third-order valence-electron chi connectivity index (χ3n) is 3.48. The van der Waals surface area contributed by atoms with Crippen LogP contribution in [0, 0.1) is 13.8 Å². The van der Waals surface area contributed by atoms with Crippen LogP contribution in [0.2, 0.25) is 0 Å². The standard InChI is InChI=1S/C13H21N3O2/c1-9-6-10(2)15-12(14-9)8-16-5-4-13(3,18)11(17)7-16/h6,11,17-18H,4-5,7-8H2,1-3H3/t11-,13+/m0/s1. The number of aliphatic hydroxyl groups is 2. The van der Waals surface area contributed by atoms with Gasteiger partial charge < -0.3 is 10.2 Å². The number of aryl methyl sites for hydroxylation is 2. The molecule has 2 heterocycles. The van der Waals surface area contributed by atoms with Crippen molar-refractivity contribution < 1.29 is 10.2 Å². The highest BCUT2D eigenvalue weighted by molar-refractivity contribution is 5.08. The lowest BCUT2D eigenvalue weighted by Gasteiger charge is -2.39. The number of rotatable bonds is 2. The van der Waals surface area contributed by atoms with Crippen LogP contribution in [0.3, 0.4) is 0 Å². The summed E-state index contributed by atoms with van der Waals surface area (Å²) in [5.74, 6) is 0.779. The predicted molar refractivity (Wildman–Crippen MR) is 68.0 cm³/mol. The van der Waals surface area contributed by atoms with E-state index in [2.05, 4.69) is 14.9 Å². The highest BCUT2D eigenvalue weighted by Gasteiger charge is 2.36. The van der Waals surface area contributed by atoms with Crippen LogP contribution >= 0.6 is 0 Å². The van der Waals surface area contributed by atoms with E-state index < -0.39 is 11.7 Å². The first-order valence-corrected chi connectivity index (χ1v) is 6.31. The van der Waals surface area contributed by atoms with Crippen molar-refractivity contribution in [2.75, 3.05) is 13.1 Å². The topological polar surface area (TPSA) is 69.5 Å². The van der Waals surface area contributed by atoms with Crippen LogP contribution in [0.4, 0.5) is 0 Å². The molecule has 5 heteroatoms. The lowest BCUT2D eigenvalue weighted by atomic mass is 9.91. The van der Waals surface area contributed by atoms with E-state index in [-0.39, 0.29) is 0 Å². The van der Waals surface area contributed by atoms with Gasteiger partial charge in [-0.15, -0.1) is 0 Å². The van der Waals surface area contributed by atoms with E-state index in [1.165, 1.54) is 0 Å². The third kappa shape index (κ3) is 3.04. The molecule has 2 N–H and O–H groups in total. The Morgan fingerprint density at radius 3 is 2.56 bits per heavy atom. The number of aliphatic hydroxyl groups excluding tert-OH is 1. The Kier molecular flexibility index (Phi) is 3.66. The molecule has 2 rings (SSSR count). The Balaban J connectivity index is 2.02. The molecule has 1 fully saturated rings. The van der Waals surface area contributed by atoms with E-state index in [9.17, 15) is 10.2 Å². The minimum absolute atomic E-state index is 0.462. The predicted octanol–water partition coefficient (Wildman–Crippen LogP) is 0.411. The van der Waals surface area contributed by atoms with Gasteiger partial charge in [-0.05, 0) is 33.3 Å². The molecule has 0 aliphatic carbocycles. The molecule has 5 nitrogen and oxygen atoms in total. The van der Waals surface area contributed by atoms with Crippen LogP contribution in [0.1, 0.15) is 30.6 Å². The lowest BCUT2D eigenvalue weighted by molar-refractivity contribution is -0.108. The molecular formula is C13H21N3O2. The average molecular weight is 251 g/mol. The van der Waals surface area contributed by atoms with Crippen molar-refractivity contribution in [2.24, 2.45) is 0 Å². The monoisotopic (exact) mass is 251 g/mol. The van der Waals surface area contributed by atoms with Crippen molar-refractivity contribution in [1.29, 1.82) is 0 Å². The summed E-state index contributed by atoms with van der Waals surface area (Å²) in [5, 5.41) is 19.8. The van der Waals surface area contributed by atoms with E-state index >= 15 is 0 Å². The Morgan fingerprint density at radius 2 is 2.00 bits per heavy atom. The van der Waals surface area contributed by atoms with Gasteiger partial charge in [0, 0.05) is 24.5 Å². The maximum absolute atomic E-state index is 9.91. The van der Waals surface area contributed by atoms with Crippen molar-refractivity contribution in [1.82, 2.24) is 14.9 Å². The molecule has 2 atom stereocenters. The fourth-order valence-corrected chi connectivity index (χ4v) is 2.30. The molecule has 1 aromatic heterocycles. The minimum Gasteiger partial charge on any atom is -0.389 e. The molecule has 0 saturated carbocycles. The molecule has 1 aromatic rings. The molecule has 1 aliphatic heterocycles. The van der Waals surface area contributed by atoms with Gasteiger partial charge in [0.25, 0.3) is 0 Å². The first-order chi connectivity index (χ1) is 8.37. The smallest absolute Gasteiger partial charge is 0.142 e. The number of β-amino-alcohol motifs (C(OH)–C–C–N with tert-alkyl or cyclic N) is 1. The van der Waals surface area contributed by atoms with Crippen LogP contribution in [0.15, 0.2) is 6.07 Å². The highest BCUT2D eigenvalue weighted by Crippen LogP contribution is 2.22. The molecule has 0 bridgehead atoms. The molecule has 0 radical (unpaired) electrons. The van der Waals surface area contributed by atoms with E-state index in [4.69, 9.17) is 0 Å². The van der Waals surface area contributed by atoms with Crippen LogP contribution in [0.5, 0.6) is 0 Å². The summed E-state index contributed by atoms with van der Waals surface area (Å²) in [6.45, 7) is 7.42. The molecule has 0 amide bonds. The molecule has 1 saturated heterocycles. The number of aromatic nitrogens is 2. The first kappa shape index (κ1) is 13.4. The second-order valence-electron chi connectivity index (χ2n) is 5.43. The summed E-state index contributed by atoms with van der Waals surface area (Å²) < 4.78 is 0. The summed E-state index contributed by atoms with van der Waals surface area (Å²) in [6.07, 6.45) is -0.143. The number of hydrogen-bond acceptors (Lipinski definition) is 5. The van der Waals surface area contributed by atoms with Crippen LogP contribution < -0.4 is 0 Å². The van der Waals surface area contributed by atoms with Gasteiger partial charge in [-0.2, -0.15) is 0 Å². The fourth-order valence-electron chi connectivity index (χ4n) is 2.30. The van der Waals surface area contributed by atoms with Gasteiger partial charge in [-0.3, -0.25) is 4.90 Å². The van der Waals surface area contributed by atoms with Crippen molar-refractivity contribution in [3.05, 3.63) is 23.3 Å². The van der Waals surface area contributed by atoms with Crippen molar-refractivity contribution in [2.45, 2.75) is 45.4 Å².